The number of hydrogen-bond acceptors (Lipinski definition) is 3. The van der Waals surface area contributed by atoms with Gasteiger partial charge in [0.05, 0.1) is 17.4 Å². The Bertz CT molecular complexity index is 348. The quantitative estimate of drug-likeness (QED) is 0.861. The van der Waals surface area contributed by atoms with Gasteiger partial charge in [0.2, 0.25) is 0 Å². The van der Waals surface area contributed by atoms with Crippen LogP contribution in [0.4, 0.5) is 0 Å². The molecule has 0 aromatic carbocycles. The average molecular weight is 270 g/mol. The Balaban J connectivity index is 2.17. The maximum atomic E-state index is 6.20. The summed E-state index contributed by atoms with van der Waals surface area (Å²) in [6.45, 7) is 4.08. The highest BCUT2D eigenvalue weighted by atomic mass is 79.9. The van der Waals surface area contributed by atoms with Gasteiger partial charge in [0, 0.05) is 4.47 Å². The predicted molar refractivity (Wildman–Crippen MR) is 64.6 cm³/mol. The lowest BCUT2D eigenvalue weighted by atomic mass is 9.96. The number of hydrogen-bond donors (Lipinski definition) is 2. The lowest BCUT2D eigenvalue weighted by Crippen LogP contribution is -2.24. The van der Waals surface area contributed by atoms with Crippen LogP contribution in [-0.2, 0) is 0 Å². The minimum Gasteiger partial charge on any atom is -0.322 e. The smallest absolute Gasteiger partial charge is 0.0578 e. The summed E-state index contributed by atoms with van der Waals surface area (Å²) < 4.78 is 1.04. The second-order valence-electron chi connectivity index (χ2n) is 4.08. The summed E-state index contributed by atoms with van der Waals surface area (Å²) in [5.74, 6) is 0.526. The van der Waals surface area contributed by atoms with Crippen molar-refractivity contribution in [2.45, 2.75) is 19.4 Å². The number of pyridine rings is 1. The van der Waals surface area contributed by atoms with E-state index >= 15 is 0 Å². The normalized spacial score (nSPS) is 23.0. The highest BCUT2D eigenvalue weighted by Crippen LogP contribution is 2.25. The first-order valence-electron chi connectivity index (χ1n) is 5.28. The van der Waals surface area contributed by atoms with E-state index in [9.17, 15) is 0 Å². The molecular formula is C11H16BrN3. The van der Waals surface area contributed by atoms with E-state index < -0.39 is 0 Å². The second-order valence-corrected chi connectivity index (χ2v) is 4.94. The molecule has 4 heteroatoms. The van der Waals surface area contributed by atoms with Crippen LogP contribution >= 0.6 is 15.9 Å². The number of aromatic nitrogens is 1. The zero-order valence-electron chi connectivity index (χ0n) is 8.83. The Morgan fingerprint density at radius 1 is 1.60 bits per heavy atom. The largest absolute Gasteiger partial charge is 0.322 e. The van der Waals surface area contributed by atoms with Crippen LogP contribution in [0.5, 0.6) is 0 Å². The van der Waals surface area contributed by atoms with E-state index in [1.54, 1.807) is 0 Å². The van der Waals surface area contributed by atoms with Crippen LogP contribution in [-0.4, -0.2) is 18.1 Å². The van der Waals surface area contributed by atoms with Gasteiger partial charge >= 0.3 is 0 Å². The molecule has 1 fully saturated rings. The van der Waals surface area contributed by atoms with Crippen molar-refractivity contribution in [3.8, 4) is 0 Å². The van der Waals surface area contributed by atoms with E-state index in [4.69, 9.17) is 5.73 Å². The van der Waals surface area contributed by atoms with E-state index in [2.05, 4.69) is 26.2 Å². The third-order valence-electron chi connectivity index (χ3n) is 2.99. The first-order chi connectivity index (χ1) is 7.18. The Morgan fingerprint density at radius 2 is 2.40 bits per heavy atom. The van der Waals surface area contributed by atoms with Crippen LogP contribution in [0.25, 0.3) is 0 Å². The molecule has 1 saturated heterocycles. The summed E-state index contributed by atoms with van der Waals surface area (Å²) >= 11 is 3.45. The fraction of sp³-hybridized carbons (Fsp3) is 0.545. The Morgan fingerprint density at radius 3 is 3.00 bits per heavy atom. The molecule has 3 N–H and O–H groups in total. The molecule has 0 spiro atoms. The Kier molecular flexibility index (Phi) is 3.38. The number of rotatable bonds is 2. The lowest BCUT2D eigenvalue weighted by molar-refractivity contribution is 0.460. The standard InChI is InChI=1S/C11H16BrN3/c1-7-9(12)2-3-10(15-7)11(13)8-4-5-14-6-8/h2-3,8,11,14H,4-6,13H2,1H3. The molecular weight excluding hydrogens is 254 g/mol. The first-order valence-corrected chi connectivity index (χ1v) is 6.07. The highest BCUT2D eigenvalue weighted by molar-refractivity contribution is 9.10. The molecule has 2 atom stereocenters. The van der Waals surface area contributed by atoms with E-state index in [-0.39, 0.29) is 6.04 Å². The topological polar surface area (TPSA) is 50.9 Å². The van der Waals surface area contributed by atoms with E-state index in [0.717, 1.165) is 35.4 Å². The van der Waals surface area contributed by atoms with Gasteiger partial charge in [-0.15, -0.1) is 0 Å². The number of halogens is 1. The molecule has 1 aliphatic heterocycles. The molecule has 0 aliphatic carbocycles. The zero-order chi connectivity index (χ0) is 10.8. The summed E-state index contributed by atoms with van der Waals surface area (Å²) in [5, 5.41) is 3.33. The van der Waals surface area contributed by atoms with Crippen molar-refractivity contribution in [2.75, 3.05) is 13.1 Å². The second kappa shape index (κ2) is 4.60. The minimum atomic E-state index is 0.0619. The molecule has 1 aliphatic rings. The van der Waals surface area contributed by atoms with Crippen molar-refractivity contribution in [3.63, 3.8) is 0 Å². The number of nitrogens with one attached hydrogen (secondary N) is 1. The molecule has 0 bridgehead atoms. The highest BCUT2D eigenvalue weighted by Gasteiger charge is 2.23. The fourth-order valence-electron chi connectivity index (χ4n) is 1.97. The summed E-state index contributed by atoms with van der Waals surface area (Å²) in [6.07, 6.45) is 1.15. The lowest BCUT2D eigenvalue weighted by Gasteiger charge is -2.18. The molecule has 1 aromatic rings. The summed E-state index contributed by atoms with van der Waals surface area (Å²) in [5.41, 5.74) is 8.21. The van der Waals surface area contributed by atoms with Gasteiger partial charge < -0.3 is 11.1 Å². The Labute approximate surface area is 98.6 Å². The van der Waals surface area contributed by atoms with Crippen molar-refractivity contribution in [2.24, 2.45) is 11.7 Å². The van der Waals surface area contributed by atoms with Gasteiger partial charge in [-0.3, -0.25) is 4.98 Å². The van der Waals surface area contributed by atoms with Crippen molar-refractivity contribution in [1.29, 1.82) is 0 Å². The number of nitrogens with zero attached hydrogens (tertiary/aromatic N) is 1. The van der Waals surface area contributed by atoms with Crippen LogP contribution in [0.3, 0.4) is 0 Å². The molecule has 0 radical (unpaired) electrons. The van der Waals surface area contributed by atoms with Crippen LogP contribution in [0, 0.1) is 12.8 Å². The third kappa shape index (κ3) is 2.38. The van der Waals surface area contributed by atoms with Gasteiger partial charge in [-0.25, -0.2) is 0 Å². The molecule has 82 valence electrons. The van der Waals surface area contributed by atoms with E-state index in [1.807, 2.05) is 19.1 Å². The van der Waals surface area contributed by atoms with Gasteiger partial charge in [0.1, 0.15) is 0 Å². The average Bonchev–Trinajstić information content (AvgIpc) is 2.74. The molecule has 2 heterocycles. The summed E-state index contributed by atoms with van der Waals surface area (Å²) in [6, 6.07) is 4.10. The van der Waals surface area contributed by atoms with Crippen molar-refractivity contribution < 1.29 is 0 Å². The minimum absolute atomic E-state index is 0.0619. The molecule has 15 heavy (non-hydrogen) atoms. The van der Waals surface area contributed by atoms with E-state index in [0.29, 0.717) is 5.92 Å². The molecule has 2 unspecified atom stereocenters. The monoisotopic (exact) mass is 269 g/mol. The Hall–Kier alpha value is -0.450. The maximum absolute atomic E-state index is 6.20. The maximum Gasteiger partial charge on any atom is 0.0578 e. The predicted octanol–water partition coefficient (Wildman–Crippen LogP) is 1.76. The van der Waals surface area contributed by atoms with Gasteiger partial charge in [0.25, 0.3) is 0 Å². The number of aryl methyl sites for hydroxylation is 1. The summed E-state index contributed by atoms with van der Waals surface area (Å²) in [7, 11) is 0. The van der Waals surface area contributed by atoms with Gasteiger partial charge in [0.15, 0.2) is 0 Å². The fourth-order valence-corrected chi connectivity index (χ4v) is 2.19. The molecule has 0 saturated carbocycles. The first kappa shape index (κ1) is 11.0. The van der Waals surface area contributed by atoms with Crippen molar-refractivity contribution in [1.82, 2.24) is 10.3 Å². The van der Waals surface area contributed by atoms with Crippen LogP contribution in [0.2, 0.25) is 0 Å². The summed E-state index contributed by atoms with van der Waals surface area (Å²) in [4.78, 5) is 4.52. The molecule has 3 nitrogen and oxygen atoms in total. The molecule has 2 rings (SSSR count). The van der Waals surface area contributed by atoms with Gasteiger partial charge in [-0.2, -0.15) is 0 Å². The van der Waals surface area contributed by atoms with Crippen molar-refractivity contribution >= 4 is 15.9 Å². The number of nitrogens with two attached hydrogens (primary N) is 1. The van der Waals surface area contributed by atoms with Gasteiger partial charge in [-0.05, 0) is 60.4 Å². The van der Waals surface area contributed by atoms with Gasteiger partial charge in [-0.1, -0.05) is 0 Å². The SMILES string of the molecule is Cc1nc(C(N)C2CCNC2)ccc1Br. The zero-order valence-corrected chi connectivity index (χ0v) is 10.4. The molecule has 1 aromatic heterocycles. The van der Waals surface area contributed by atoms with Crippen LogP contribution in [0.15, 0.2) is 16.6 Å². The van der Waals surface area contributed by atoms with Crippen LogP contribution < -0.4 is 11.1 Å². The third-order valence-corrected chi connectivity index (χ3v) is 3.83. The van der Waals surface area contributed by atoms with Crippen molar-refractivity contribution in [3.05, 3.63) is 28.0 Å². The molecule has 0 amide bonds. The van der Waals surface area contributed by atoms with Crippen LogP contribution in [0.1, 0.15) is 23.9 Å². The van der Waals surface area contributed by atoms with E-state index in [1.165, 1.54) is 0 Å².